The van der Waals surface area contributed by atoms with Crippen molar-refractivity contribution in [3.8, 4) is 11.5 Å². The second-order valence-electron chi connectivity index (χ2n) is 5.64. The molecule has 0 aliphatic carbocycles. The third kappa shape index (κ3) is 6.05. The van der Waals surface area contributed by atoms with Gasteiger partial charge in [-0.05, 0) is 42.3 Å². The van der Waals surface area contributed by atoms with Gasteiger partial charge in [0.1, 0.15) is 0 Å². The molecular weight excluding hydrogens is 391 g/mol. The van der Waals surface area contributed by atoms with Crippen molar-refractivity contribution in [2.45, 2.75) is 19.8 Å². The SMILES string of the molecule is CCCOc1ccc(C(=O)NNC(=O)Cc2ccc(Cl)c(Cl)c2)cc1OC. The van der Waals surface area contributed by atoms with Gasteiger partial charge in [-0.3, -0.25) is 20.4 Å². The summed E-state index contributed by atoms with van der Waals surface area (Å²) in [5.74, 6) is 0.132. The number of hydrogen-bond acceptors (Lipinski definition) is 4. The minimum atomic E-state index is -0.474. The van der Waals surface area contributed by atoms with Crippen LogP contribution in [0.1, 0.15) is 29.3 Å². The van der Waals surface area contributed by atoms with Gasteiger partial charge in [0, 0.05) is 5.56 Å². The molecule has 0 aromatic heterocycles. The minimum absolute atomic E-state index is 0.0459. The molecule has 6 nitrogen and oxygen atoms in total. The van der Waals surface area contributed by atoms with Gasteiger partial charge in [0.2, 0.25) is 5.91 Å². The van der Waals surface area contributed by atoms with E-state index in [1.165, 1.54) is 7.11 Å². The predicted octanol–water partition coefficient (Wildman–Crippen LogP) is 3.79. The van der Waals surface area contributed by atoms with Gasteiger partial charge in [-0.15, -0.1) is 0 Å². The largest absolute Gasteiger partial charge is 0.493 e. The zero-order chi connectivity index (χ0) is 19.8. The van der Waals surface area contributed by atoms with Crippen LogP contribution in [0.3, 0.4) is 0 Å². The first-order chi connectivity index (χ1) is 12.9. The van der Waals surface area contributed by atoms with E-state index in [9.17, 15) is 9.59 Å². The van der Waals surface area contributed by atoms with E-state index in [1.54, 1.807) is 36.4 Å². The van der Waals surface area contributed by atoms with Crippen molar-refractivity contribution in [1.82, 2.24) is 10.9 Å². The van der Waals surface area contributed by atoms with Crippen LogP contribution in [-0.2, 0) is 11.2 Å². The van der Waals surface area contributed by atoms with Crippen molar-refractivity contribution in [3.05, 3.63) is 57.6 Å². The first-order valence-corrected chi connectivity index (χ1v) is 9.04. The molecule has 0 spiro atoms. The molecule has 0 unspecified atom stereocenters. The van der Waals surface area contributed by atoms with Gasteiger partial charge in [-0.1, -0.05) is 36.2 Å². The van der Waals surface area contributed by atoms with Crippen molar-refractivity contribution >= 4 is 35.0 Å². The molecule has 2 amide bonds. The monoisotopic (exact) mass is 410 g/mol. The van der Waals surface area contributed by atoms with E-state index >= 15 is 0 Å². The lowest BCUT2D eigenvalue weighted by Gasteiger charge is -2.12. The normalized spacial score (nSPS) is 10.2. The van der Waals surface area contributed by atoms with Gasteiger partial charge in [0.05, 0.1) is 30.2 Å². The van der Waals surface area contributed by atoms with Gasteiger partial charge in [-0.2, -0.15) is 0 Å². The Morgan fingerprint density at radius 2 is 1.78 bits per heavy atom. The van der Waals surface area contributed by atoms with Crippen LogP contribution in [0, 0.1) is 0 Å². The van der Waals surface area contributed by atoms with Crippen molar-refractivity contribution in [3.63, 3.8) is 0 Å². The number of hydrazine groups is 1. The molecule has 0 saturated heterocycles. The molecule has 2 N–H and O–H groups in total. The van der Waals surface area contributed by atoms with Gasteiger partial charge >= 0.3 is 0 Å². The lowest BCUT2D eigenvalue weighted by Crippen LogP contribution is -2.42. The van der Waals surface area contributed by atoms with E-state index in [0.29, 0.717) is 39.3 Å². The highest BCUT2D eigenvalue weighted by atomic mass is 35.5. The fraction of sp³-hybridized carbons (Fsp3) is 0.263. The third-order valence-electron chi connectivity index (χ3n) is 3.55. The van der Waals surface area contributed by atoms with E-state index in [4.69, 9.17) is 32.7 Å². The Bertz CT molecular complexity index is 827. The van der Waals surface area contributed by atoms with Crippen molar-refractivity contribution in [1.29, 1.82) is 0 Å². The highest BCUT2D eigenvalue weighted by Crippen LogP contribution is 2.28. The Balaban J connectivity index is 1.94. The number of hydrogen-bond donors (Lipinski definition) is 2. The summed E-state index contributed by atoms with van der Waals surface area (Å²) in [4.78, 5) is 24.2. The Labute approximate surface area is 167 Å². The van der Waals surface area contributed by atoms with Crippen LogP contribution in [0.5, 0.6) is 11.5 Å². The Hall–Kier alpha value is -2.44. The van der Waals surface area contributed by atoms with Crippen LogP contribution in [0.15, 0.2) is 36.4 Å². The molecule has 0 radical (unpaired) electrons. The third-order valence-corrected chi connectivity index (χ3v) is 4.29. The maximum absolute atomic E-state index is 12.2. The Morgan fingerprint density at radius 3 is 2.44 bits per heavy atom. The van der Waals surface area contributed by atoms with Crippen molar-refractivity contribution in [2.75, 3.05) is 13.7 Å². The second kappa shape index (κ2) is 10.0. The number of methoxy groups -OCH3 is 1. The number of carbonyl (C=O) groups is 2. The summed E-state index contributed by atoms with van der Waals surface area (Å²) in [5.41, 5.74) is 5.73. The van der Waals surface area contributed by atoms with Crippen molar-refractivity contribution in [2.24, 2.45) is 0 Å². The molecule has 0 aliphatic heterocycles. The summed E-state index contributed by atoms with van der Waals surface area (Å²) in [5, 5.41) is 0.776. The lowest BCUT2D eigenvalue weighted by atomic mass is 10.1. The molecule has 2 rings (SSSR count). The second-order valence-corrected chi connectivity index (χ2v) is 6.46. The van der Waals surface area contributed by atoms with E-state index in [1.807, 2.05) is 6.92 Å². The maximum atomic E-state index is 12.2. The van der Waals surface area contributed by atoms with E-state index in [0.717, 1.165) is 6.42 Å². The zero-order valence-electron chi connectivity index (χ0n) is 15.0. The average molecular weight is 411 g/mol. The van der Waals surface area contributed by atoms with Gasteiger partial charge in [0.25, 0.3) is 5.91 Å². The fourth-order valence-corrected chi connectivity index (χ4v) is 2.54. The molecule has 0 heterocycles. The Kier molecular flexibility index (Phi) is 7.76. The highest BCUT2D eigenvalue weighted by molar-refractivity contribution is 6.42. The topological polar surface area (TPSA) is 76.7 Å². The van der Waals surface area contributed by atoms with Crippen LogP contribution >= 0.6 is 23.2 Å². The quantitative estimate of drug-likeness (QED) is 0.680. The van der Waals surface area contributed by atoms with Gasteiger partial charge in [0.15, 0.2) is 11.5 Å². The minimum Gasteiger partial charge on any atom is -0.493 e. The molecule has 8 heteroatoms. The molecule has 0 bridgehead atoms. The predicted molar refractivity (Wildman–Crippen MR) is 105 cm³/mol. The Morgan fingerprint density at radius 1 is 1.00 bits per heavy atom. The summed E-state index contributed by atoms with van der Waals surface area (Å²) < 4.78 is 10.8. The van der Waals surface area contributed by atoms with Gasteiger partial charge in [-0.25, -0.2) is 0 Å². The smallest absolute Gasteiger partial charge is 0.269 e. The van der Waals surface area contributed by atoms with Crippen LogP contribution in [0.2, 0.25) is 10.0 Å². The first-order valence-electron chi connectivity index (χ1n) is 8.28. The molecule has 144 valence electrons. The standard InChI is InChI=1S/C19H20Cl2N2O4/c1-3-8-27-16-7-5-13(11-17(16)26-2)19(25)23-22-18(24)10-12-4-6-14(20)15(21)9-12/h4-7,9,11H,3,8,10H2,1-2H3,(H,22,24)(H,23,25). The number of halogens is 2. The number of benzene rings is 2. The highest BCUT2D eigenvalue weighted by Gasteiger charge is 2.12. The summed E-state index contributed by atoms with van der Waals surface area (Å²) in [7, 11) is 1.49. The number of ether oxygens (including phenoxy) is 2. The average Bonchev–Trinajstić information content (AvgIpc) is 2.67. The summed E-state index contributed by atoms with van der Waals surface area (Å²) in [6, 6.07) is 9.70. The number of nitrogens with one attached hydrogen (secondary N) is 2. The molecule has 0 atom stereocenters. The van der Waals surface area contributed by atoms with E-state index in [-0.39, 0.29) is 6.42 Å². The van der Waals surface area contributed by atoms with E-state index < -0.39 is 11.8 Å². The lowest BCUT2D eigenvalue weighted by molar-refractivity contribution is -0.121. The molecule has 2 aromatic rings. The molecule has 2 aromatic carbocycles. The van der Waals surface area contributed by atoms with Crippen LogP contribution in [-0.4, -0.2) is 25.5 Å². The molecule has 0 saturated carbocycles. The van der Waals surface area contributed by atoms with Gasteiger partial charge < -0.3 is 9.47 Å². The molecule has 0 aliphatic rings. The fourth-order valence-electron chi connectivity index (χ4n) is 2.22. The number of carbonyl (C=O) groups excluding carboxylic acids is 2. The maximum Gasteiger partial charge on any atom is 0.269 e. The van der Waals surface area contributed by atoms with Crippen LogP contribution < -0.4 is 20.3 Å². The molecule has 27 heavy (non-hydrogen) atoms. The van der Waals surface area contributed by atoms with E-state index in [2.05, 4.69) is 10.9 Å². The van der Waals surface area contributed by atoms with Crippen molar-refractivity contribution < 1.29 is 19.1 Å². The first kappa shape index (κ1) is 20.9. The van der Waals surface area contributed by atoms with Crippen LogP contribution in [0.4, 0.5) is 0 Å². The summed E-state index contributed by atoms with van der Waals surface area (Å²) >= 11 is 11.8. The molecular formula is C19H20Cl2N2O4. The molecule has 0 fully saturated rings. The summed E-state index contributed by atoms with van der Waals surface area (Å²) in [6.07, 6.45) is 0.903. The zero-order valence-corrected chi connectivity index (χ0v) is 16.5. The number of amides is 2. The summed E-state index contributed by atoms with van der Waals surface area (Å²) in [6.45, 7) is 2.54. The number of rotatable bonds is 7. The van der Waals surface area contributed by atoms with Crippen LogP contribution in [0.25, 0.3) is 0 Å².